The predicted octanol–water partition coefficient (Wildman–Crippen LogP) is 2.39. The molecule has 0 aromatic heterocycles. The van der Waals surface area contributed by atoms with Gasteiger partial charge in [0.15, 0.2) is 0 Å². The largest absolute Gasteiger partial charge is 0.361 e. The Morgan fingerprint density at radius 1 is 1.38 bits per heavy atom. The van der Waals surface area contributed by atoms with E-state index >= 15 is 0 Å². The fourth-order valence-corrected chi connectivity index (χ4v) is 1.58. The molecule has 82 valence electrons. The van der Waals surface area contributed by atoms with E-state index in [0.29, 0.717) is 12.1 Å². The highest BCUT2D eigenvalue weighted by molar-refractivity contribution is 5.96. The van der Waals surface area contributed by atoms with Crippen LogP contribution in [0, 0.1) is 0 Å². The number of rotatable bonds is 2. The van der Waals surface area contributed by atoms with Gasteiger partial charge in [0, 0.05) is 24.0 Å². The first-order valence-electron chi connectivity index (χ1n) is 5.33. The monoisotopic (exact) mass is 214 g/mol. The van der Waals surface area contributed by atoms with Crippen LogP contribution >= 0.6 is 0 Å². The summed E-state index contributed by atoms with van der Waals surface area (Å²) in [6, 6.07) is 5.64. The number of carbonyl (C=O) groups excluding carboxylic acids is 1. The zero-order valence-corrected chi connectivity index (χ0v) is 9.16. The predicted molar refractivity (Wildman–Crippen MR) is 66.2 cm³/mol. The molecule has 0 radical (unpaired) electrons. The third kappa shape index (κ3) is 2.14. The van der Waals surface area contributed by atoms with E-state index in [1.165, 1.54) is 0 Å². The normalized spacial score (nSPS) is 12.6. The Balaban J connectivity index is 2.32. The highest BCUT2D eigenvalue weighted by atomic mass is 16.1. The maximum Gasteiger partial charge on any atom is 0.251 e. The van der Waals surface area contributed by atoms with Crippen LogP contribution in [0.3, 0.4) is 0 Å². The maximum absolute atomic E-state index is 11.6. The van der Waals surface area contributed by atoms with E-state index in [0.717, 1.165) is 11.3 Å². The fraction of sp³-hybridized carbons (Fsp3) is 0.154. The molecule has 2 rings (SSSR count). The van der Waals surface area contributed by atoms with Crippen LogP contribution in [0.2, 0.25) is 0 Å². The van der Waals surface area contributed by atoms with Gasteiger partial charge in [0.2, 0.25) is 0 Å². The maximum atomic E-state index is 11.6. The summed E-state index contributed by atoms with van der Waals surface area (Å²) in [5.74, 6) is -0.0377. The van der Waals surface area contributed by atoms with Crippen molar-refractivity contribution in [3.63, 3.8) is 0 Å². The Hall–Kier alpha value is -2.03. The lowest BCUT2D eigenvalue weighted by Crippen LogP contribution is -2.22. The minimum Gasteiger partial charge on any atom is -0.361 e. The lowest BCUT2D eigenvalue weighted by Gasteiger charge is -2.08. The molecule has 1 aromatic rings. The molecule has 2 N–H and O–H groups in total. The number of hydrogen-bond acceptors (Lipinski definition) is 2. The molecule has 0 unspecified atom stereocenters. The molecule has 0 aliphatic carbocycles. The van der Waals surface area contributed by atoms with E-state index in [9.17, 15) is 4.79 Å². The zero-order chi connectivity index (χ0) is 11.4. The Kier molecular flexibility index (Phi) is 3.05. The summed E-state index contributed by atoms with van der Waals surface area (Å²) in [5, 5.41) is 5.92. The lowest BCUT2D eigenvalue weighted by molar-refractivity contribution is 0.0956. The first-order chi connectivity index (χ1) is 7.81. The number of carbonyl (C=O) groups is 1. The number of allylic oxidation sites excluding steroid dienone is 2. The van der Waals surface area contributed by atoms with Gasteiger partial charge in [-0.05, 0) is 30.7 Å². The number of hydrogen-bond donors (Lipinski definition) is 2. The molecule has 0 saturated carbocycles. The van der Waals surface area contributed by atoms with Gasteiger partial charge in [0.1, 0.15) is 0 Å². The molecular formula is C13H14N2O. The molecule has 1 aromatic carbocycles. The second-order valence-corrected chi connectivity index (χ2v) is 3.52. The molecule has 0 saturated heterocycles. The van der Waals surface area contributed by atoms with Gasteiger partial charge in [0.25, 0.3) is 5.91 Å². The van der Waals surface area contributed by atoms with E-state index in [4.69, 9.17) is 0 Å². The number of amides is 1. The number of fused-ring (bicyclic) bond motifs is 1. The van der Waals surface area contributed by atoms with Crippen LogP contribution in [0.4, 0.5) is 5.69 Å². The van der Waals surface area contributed by atoms with Crippen molar-refractivity contribution in [1.82, 2.24) is 5.32 Å². The minimum absolute atomic E-state index is 0.0377. The van der Waals surface area contributed by atoms with Crippen LogP contribution < -0.4 is 10.6 Å². The standard InChI is InChI=1S/C13H14N2O/c1-2-14-13(16)11-7-6-10-5-3-4-8-15-12(10)9-11/h3-9,15H,2H2,1H3,(H,14,16). The summed E-state index contributed by atoms with van der Waals surface area (Å²) in [4.78, 5) is 11.6. The number of benzene rings is 1. The van der Waals surface area contributed by atoms with Gasteiger partial charge in [-0.15, -0.1) is 0 Å². The molecule has 0 fully saturated rings. The summed E-state index contributed by atoms with van der Waals surface area (Å²) < 4.78 is 0. The molecule has 3 nitrogen and oxygen atoms in total. The lowest BCUT2D eigenvalue weighted by atomic mass is 10.1. The second-order valence-electron chi connectivity index (χ2n) is 3.52. The van der Waals surface area contributed by atoms with Crippen molar-refractivity contribution in [2.45, 2.75) is 6.92 Å². The number of nitrogens with one attached hydrogen (secondary N) is 2. The van der Waals surface area contributed by atoms with Crippen LogP contribution in [0.15, 0.2) is 36.6 Å². The summed E-state index contributed by atoms with van der Waals surface area (Å²) in [6.07, 6.45) is 7.74. The van der Waals surface area contributed by atoms with E-state index < -0.39 is 0 Å². The van der Waals surface area contributed by atoms with E-state index in [1.54, 1.807) is 0 Å². The van der Waals surface area contributed by atoms with Crippen molar-refractivity contribution < 1.29 is 4.79 Å². The molecule has 16 heavy (non-hydrogen) atoms. The minimum atomic E-state index is -0.0377. The van der Waals surface area contributed by atoms with Gasteiger partial charge < -0.3 is 10.6 Å². The van der Waals surface area contributed by atoms with Crippen molar-refractivity contribution in [3.05, 3.63) is 47.7 Å². The van der Waals surface area contributed by atoms with Crippen LogP contribution in [0.25, 0.3) is 6.08 Å². The average molecular weight is 214 g/mol. The highest BCUT2D eigenvalue weighted by Gasteiger charge is 2.07. The first kappa shape index (κ1) is 10.5. The summed E-state index contributed by atoms with van der Waals surface area (Å²) in [5.41, 5.74) is 2.71. The van der Waals surface area contributed by atoms with Gasteiger partial charge >= 0.3 is 0 Å². The van der Waals surface area contributed by atoms with Gasteiger partial charge in [-0.1, -0.05) is 18.2 Å². The topological polar surface area (TPSA) is 41.1 Å². The van der Waals surface area contributed by atoms with Gasteiger partial charge in [-0.3, -0.25) is 4.79 Å². The Labute approximate surface area is 94.9 Å². The third-order valence-corrected chi connectivity index (χ3v) is 2.37. The van der Waals surface area contributed by atoms with Gasteiger partial charge in [-0.2, -0.15) is 0 Å². The second kappa shape index (κ2) is 4.66. The number of anilines is 1. The van der Waals surface area contributed by atoms with Gasteiger partial charge in [-0.25, -0.2) is 0 Å². The van der Waals surface area contributed by atoms with Crippen LogP contribution in [-0.2, 0) is 0 Å². The van der Waals surface area contributed by atoms with Gasteiger partial charge in [0.05, 0.1) is 0 Å². The van der Waals surface area contributed by atoms with Crippen molar-refractivity contribution in [2.75, 3.05) is 11.9 Å². The molecule has 0 spiro atoms. The molecule has 1 aliphatic heterocycles. The first-order valence-corrected chi connectivity index (χ1v) is 5.33. The van der Waals surface area contributed by atoms with Crippen molar-refractivity contribution in [2.24, 2.45) is 0 Å². The van der Waals surface area contributed by atoms with E-state index in [2.05, 4.69) is 10.6 Å². The SMILES string of the molecule is CCNC(=O)c1ccc2c(c1)NC=CC=C2. The van der Waals surface area contributed by atoms with E-state index in [-0.39, 0.29) is 5.91 Å². The molecule has 0 bridgehead atoms. The smallest absolute Gasteiger partial charge is 0.251 e. The molecule has 1 heterocycles. The Bertz CT molecular complexity index is 461. The van der Waals surface area contributed by atoms with Crippen molar-refractivity contribution in [3.8, 4) is 0 Å². The zero-order valence-electron chi connectivity index (χ0n) is 9.16. The molecule has 3 heteroatoms. The fourth-order valence-electron chi connectivity index (χ4n) is 1.58. The van der Waals surface area contributed by atoms with Crippen LogP contribution in [0.1, 0.15) is 22.8 Å². The summed E-state index contributed by atoms with van der Waals surface area (Å²) in [7, 11) is 0. The molecule has 1 amide bonds. The van der Waals surface area contributed by atoms with Crippen molar-refractivity contribution in [1.29, 1.82) is 0 Å². The molecular weight excluding hydrogens is 200 g/mol. The quantitative estimate of drug-likeness (QED) is 0.793. The van der Waals surface area contributed by atoms with Crippen molar-refractivity contribution >= 4 is 17.7 Å². The highest BCUT2D eigenvalue weighted by Crippen LogP contribution is 2.21. The van der Waals surface area contributed by atoms with E-state index in [1.807, 2.05) is 49.6 Å². The average Bonchev–Trinajstić information content (AvgIpc) is 2.53. The van der Waals surface area contributed by atoms with Crippen LogP contribution in [0.5, 0.6) is 0 Å². The summed E-state index contributed by atoms with van der Waals surface area (Å²) in [6.45, 7) is 2.55. The third-order valence-electron chi connectivity index (χ3n) is 2.37. The van der Waals surface area contributed by atoms with Crippen LogP contribution in [-0.4, -0.2) is 12.5 Å². The summed E-state index contributed by atoms with van der Waals surface area (Å²) >= 11 is 0. The molecule has 1 aliphatic rings. The Morgan fingerprint density at radius 3 is 3.06 bits per heavy atom. The molecule has 0 atom stereocenters. The Morgan fingerprint density at radius 2 is 2.25 bits per heavy atom.